The molecule has 3 aromatic rings. The summed E-state index contributed by atoms with van der Waals surface area (Å²) >= 11 is 1.85. The Morgan fingerprint density at radius 3 is 2.56 bits per heavy atom. The summed E-state index contributed by atoms with van der Waals surface area (Å²) in [5.41, 5.74) is 2.60. The van der Waals surface area contributed by atoms with Crippen LogP contribution in [-0.2, 0) is 7.05 Å². The highest BCUT2D eigenvalue weighted by Crippen LogP contribution is 2.31. The van der Waals surface area contributed by atoms with Gasteiger partial charge in [0.2, 0.25) is 0 Å². The van der Waals surface area contributed by atoms with Crippen molar-refractivity contribution in [3.63, 3.8) is 0 Å². The average Bonchev–Trinajstić information content (AvgIpc) is 2.84. The summed E-state index contributed by atoms with van der Waals surface area (Å²) in [4.78, 5) is 2.71. The fraction of sp³-hybridized carbons (Fsp3) is 0.143. The Hall–Kier alpha value is -1.54. The van der Waals surface area contributed by atoms with Crippen LogP contribution < -0.4 is 0 Å². The Morgan fingerprint density at radius 2 is 1.88 bits per heavy atom. The number of fused-ring (bicyclic) bond motifs is 1. The summed E-state index contributed by atoms with van der Waals surface area (Å²) in [5.74, 6) is 0. The van der Waals surface area contributed by atoms with Gasteiger partial charge in [-0.2, -0.15) is 0 Å². The highest BCUT2D eigenvalue weighted by atomic mass is 32.1. The molecule has 2 heterocycles. The van der Waals surface area contributed by atoms with E-state index in [-0.39, 0.29) is 0 Å². The van der Waals surface area contributed by atoms with Gasteiger partial charge in [-0.25, -0.2) is 0 Å². The monoisotopic (exact) mass is 227 g/mol. The maximum absolute atomic E-state index is 2.26. The molecule has 0 unspecified atom stereocenters. The van der Waals surface area contributed by atoms with Gasteiger partial charge < -0.3 is 4.57 Å². The summed E-state index contributed by atoms with van der Waals surface area (Å²) in [6, 6.07) is 15.2. The van der Waals surface area contributed by atoms with Crippen molar-refractivity contribution in [3.8, 4) is 10.6 Å². The summed E-state index contributed by atoms with van der Waals surface area (Å²) in [6.07, 6.45) is 0. The third-order valence-corrected chi connectivity index (χ3v) is 3.97. The number of hydrogen-bond acceptors (Lipinski definition) is 1. The minimum atomic E-state index is 1.29. The largest absolute Gasteiger partial charge is 0.343 e. The molecule has 2 heteroatoms. The van der Waals surface area contributed by atoms with Crippen LogP contribution in [0.5, 0.6) is 0 Å². The Kier molecular flexibility index (Phi) is 2.11. The molecule has 0 N–H and O–H groups in total. The van der Waals surface area contributed by atoms with Crippen LogP contribution in [0.2, 0.25) is 0 Å². The zero-order chi connectivity index (χ0) is 11.1. The molecule has 0 spiro atoms. The molecule has 0 atom stereocenters. The van der Waals surface area contributed by atoms with Crippen molar-refractivity contribution < 1.29 is 0 Å². The van der Waals surface area contributed by atoms with Gasteiger partial charge in [0.05, 0.1) is 10.6 Å². The summed E-state index contributed by atoms with van der Waals surface area (Å²) < 4.78 is 2.26. The first kappa shape index (κ1) is 9.67. The second-order valence-electron chi connectivity index (χ2n) is 4.06. The predicted molar refractivity (Wildman–Crippen MR) is 71.0 cm³/mol. The maximum atomic E-state index is 2.26. The van der Waals surface area contributed by atoms with Crippen LogP contribution >= 0.6 is 11.3 Å². The number of aromatic nitrogens is 1. The molecule has 0 radical (unpaired) electrons. The minimum absolute atomic E-state index is 1.29. The van der Waals surface area contributed by atoms with Crippen LogP contribution in [0.1, 0.15) is 4.88 Å². The second-order valence-corrected chi connectivity index (χ2v) is 5.35. The molecule has 16 heavy (non-hydrogen) atoms. The first-order valence-electron chi connectivity index (χ1n) is 5.37. The molecule has 1 nitrogen and oxygen atoms in total. The lowest BCUT2D eigenvalue weighted by molar-refractivity contribution is 0.981. The number of para-hydroxylation sites is 1. The van der Waals surface area contributed by atoms with Crippen LogP contribution in [0.15, 0.2) is 42.5 Å². The lowest BCUT2D eigenvalue weighted by atomic mass is 10.2. The van der Waals surface area contributed by atoms with E-state index >= 15 is 0 Å². The Balaban J connectivity index is 2.28. The molecule has 0 amide bonds. The number of hydrogen-bond donors (Lipinski definition) is 0. The van der Waals surface area contributed by atoms with E-state index in [9.17, 15) is 0 Å². The van der Waals surface area contributed by atoms with Gasteiger partial charge >= 0.3 is 0 Å². The second kappa shape index (κ2) is 3.49. The van der Waals surface area contributed by atoms with Gasteiger partial charge in [-0.3, -0.25) is 0 Å². The van der Waals surface area contributed by atoms with Crippen LogP contribution in [0, 0.1) is 6.92 Å². The molecule has 0 saturated heterocycles. The molecular weight excluding hydrogens is 214 g/mol. The quantitative estimate of drug-likeness (QED) is 0.586. The Labute approximate surface area is 99.0 Å². The van der Waals surface area contributed by atoms with Crippen LogP contribution in [0.4, 0.5) is 0 Å². The number of nitrogens with zero attached hydrogens (tertiary/aromatic N) is 1. The normalized spacial score (nSPS) is 11.1. The smallest absolute Gasteiger partial charge is 0.0590 e. The minimum Gasteiger partial charge on any atom is -0.343 e. The predicted octanol–water partition coefficient (Wildman–Crippen LogP) is 4.22. The Bertz CT molecular complexity index is 646. The van der Waals surface area contributed by atoms with Gasteiger partial charge in [0.1, 0.15) is 0 Å². The topological polar surface area (TPSA) is 4.93 Å². The van der Waals surface area contributed by atoms with Crippen molar-refractivity contribution in [2.24, 2.45) is 7.05 Å². The average molecular weight is 227 g/mol. The van der Waals surface area contributed by atoms with Gasteiger partial charge in [0, 0.05) is 22.8 Å². The van der Waals surface area contributed by atoms with Crippen molar-refractivity contribution in [2.45, 2.75) is 6.92 Å². The van der Waals surface area contributed by atoms with Gasteiger partial charge in [0.15, 0.2) is 0 Å². The number of thiophene rings is 1. The van der Waals surface area contributed by atoms with Crippen LogP contribution in [0.3, 0.4) is 0 Å². The van der Waals surface area contributed by atoms with Gasteiger partial charge in [-0.05, 0) is 31.2 Å². The molecule has 2 aromatic heterocycles. The van der Waals surface area contributed by atoms with Gasteiger partial charge in [0.25, 0.3) is 0 Å². The molecule has 0 aliphatic rings. The summed E-state index contributed by atoms with van der Waals surface area (Å²) in [7, 11) is 2.13. The van der Waals surface area contributed by atoms with E-state index in [0.717, 1.165) is 0 Å². The van der Waals surface area contributed by atoms with Crippen LogP contribution in [-0.4, -0.2) is 4.57 Å². The molecule has 0 aliphatic heterocycles. The van der Waals surface area contributed by atoms with Crippen molar-refractivity contribution >= 4 is 22.2 Å². The number of aryl methyl sites for hydroxylation is 2. The maximum Gasteiger partial charge on any atom is 0.0590 e. The van der Waals surface area contributed by atoms with E-state index in [1.807, 2.05) is 11.3 Å². The number of benzene rings is 1. The van der Waals surface area contributed by atoms with Crippen molar-refractivity contribution in [2.75, 3.05) is 0 Å². The molecule has 0 saturated carbocycles. The molecular formula is C14H13NS. The Morgan fingerprint density at radius 1 is 1.06 bits per heavy atom. The molecule has 0 aliphatic carbocycles. The van der Waals surface area contributed by atoms with Crippen molar-refractivity contribution in [1.82, 2.24) is 4.57 Å². The zero-order valence-corrected chi connectivity index (χ0v) is 10.2. The highest BCUT2D eigenvalue weighted by molar-refractivity contribution is 7.15. The van der Waals surface area contributed by atoms with E-state index in [1.165, 1.54) is 26.4 Å². The molecule has 80 valence electrons. The van der Waals surface area contributed by atoms with E-state index < -0.39 is 0 Å². The molecule has 3 rings (SSSR count). The first-order valence-corrected chi connectivity index (χ1v) is 6.18. The fourth-order valence-corrected chi connectivity index (χ4v) is 3.02. The van der Waals surface area contributed by atoms with Gasteiger partial charge in [-0.1, -0.05) is 18.2 Å². The fourth-order valence-electron chi connectivity index (χ4n) is 2.10. The van der Waals surface area contributed by atoms with E-state index in [2.05, 4.69) is 61.0 Å². The SMILES string of the molecule is Cc1ccc(-c2cc3ccccc3n2C)s1. The van der Waals surface area contributed by atoms with Gasteiger partial charge in [-0.15, -0.1) is 11.3 Å². The zero-order valence-electron chi connectivity index (χ0n) is 9.40. The highest BCUT2D eigenvalue weighted by Gasteiger charge is 2.08. The van der Waals surface area contributed by atoms with Crippen molar-refractivity contribution in [3.05, 3.63) is 47.3 Å². The first-order chi connectivity index (χ1) is 7.75. The van der Waals surface area contributed by atoms with Crippen molar-refractivity contribution in [1.29, 1.82) is 0 Å². The summed E-state index contributed by atoms with van der Waals surface area (Å²) in [5, 5.41) is 1.31. The lowest BCUT2D eigenvalue weighted by Crippen LogP contribution is -1.88. The van der Waals surface area contributed by atoms with E-state index in [4.69, 9.17) is 0 Å². The molecule has 1 aromatic carbocycles. The standard InChI is InChI=1S/C14H13NS/c1-10-7-8-14(16-10)13-9-11-5-3-4-6-12(11)15(13)2/h3-9H,1-2H3. The lowest BCUT2D eigenvalue weighted by Gasteiger charge is -2.00. The molecule has 0 fully saturated rings. The third-order valence-electron chi connectivity index (χ3n) is 2.94. The number of rotatable bonds is 1. The van der Waals surface area contributed by atoms with Crippen LogP contribution in [0.25, 0.3) is 21.5 Å². The summed E-state index contributed by atoms with van der Waals surface area (Å²) in [6.45, 7) is 2.15. The molecule has 0 bridgehead atoms. The van der Waals surface area contributed by atoms with E-state index in [0.29, 0.717) is 0 Å². The van der Waals surface area contributed by atoms with E-state index in [1.54, 1.807) is 0 Å². The third kappa shape index (κ3) is 1.38.